The molecule has 1 fully saturated rings. The number of hydrogen-bond acceptors (Lipinski definition) is 6. The first kappa shape index (κ1) is 23.6. The fourth-order valence-electron chi connectivity index (χ4n) is 3.26. The molecule has 0 saturated heterocycles. The summed E-state index contributed by atoms with van der Waals surface area (Å²) in [5.41, 5.74) is 1.23. The van der Waals surface area contributed by atoms with Gasteiger partial charge < -0.3 is 19.1 Å². The van der Waals surface area contributed by atoms with E-state index < -0.39 is 10.1 Å². The van der Waals surface area contributed by atoms with Gasteiger partial charge in [0, 0.05) is 31.1 Å². The minimum Gasteiger partial charge on any atom is -0.493 e. The van der Waals surface area contributed by atoms with Crippen LogP contribution in [0.4, 0.5) is 5.69 Å². The minimum absolute atomic E-state index is 0.0451. The Balaban J connectivity index is 1.83. The number of nitrogens with one attached hydrogen (secondary N) is 1. The van der Waals surface area contributed by atoms with Gasteiger partial charge in [0.2, 0.25) is 11.8 Å². The summed E-state index contributed by atoms with van der Waals surface area (Å²) in [5.74, 6) is 0.00158. The van der Waals surface area contributed by atoms with Crippen molar-refractivity contribution >= 4 is 27.6 Å². The Morgan fingerprint density at radius 1 is 1.09 bits per heavy atom. The molecule has 172 valence electrons. The summed E-state index contributed by atoms with van der Waals surface area (Å²) in [6.45, 7) is 5.47. The molecule has 0 unspecified atom stereocenters. The minimum atomic E-state index is -4.14. The smallest absolute Gasteiger partial charge is 0.339 e. The third-order valence-electron chi connectivity index (χ3n) is 5.01. The molecule has 0 spiro atoms. The Labute approximate surface area is 188 Å². The molecule has 1 N–H and O–H groups in total. The summed E-state index contributed by atoms with van der Waals surface area (Å²) in [4.78, 5) is 25.5. The van der Waals surface area contributed by atoms with Crippen LogP contribution in [0.2, 0.25) is 0 Å². The molecule has 0 aliphatic heterocycles. The summed E-state index contributed by atoms with van der Waals surface area (Å²) in [6.07, 6.45) is 1.95. The van der Waals surface area contributed by atoms with E-state index in [2.05, 4.69) is 5.32 Å². The Kier molecular flexibility index (Phi) is 7.08. The number of benzene rings is 2. The number of rotatable bonds is 9. The molecule has 2 aromatic carbocycles. The normalized spacial score (nSPS) is 13.5. The molecule has 3 rings (SSSR count). The average Bonchev–Trinajstić information content (AvgIpc) is 3.56. The van der Waals surface area contributed by atoms with Gasteiger partial charge in [-0.1, -0.05) is 19.9 Å². The van der Waals surface area contributed by atoms with Gasteiger partial charge in [0.05, 0.1) is 7.11 Å². The van der Waals surface area contributed by atoms with Gasteiger partial charge in [0.1, 0.15) is 4.90 Å². The number of ether oxygens (including phenoxy) is 1. The van der Waals surface area contributed by atoms with Crippen LogP contribution < -0.4 is 14.2 Å². The second-order valence-corrected chi connectivity index (χ2v) is 9.63. The van der Waals surface area contributed by atoms with Crippen molar-refractivity contribution in [1.82, 2.24) is 4.90 Å². The lowest BCUT2D eigenvalue weighted by Gasteiger charge is -2.25. The van der Waals surface area contributed by atoms with Crippen molar-refractivity contribution in [2.45, 2.75) is 51.1 Å². The number of carbonyl (C=O) groups is 2. The predicted octanol–water partition coefficient (Wildman–Crippen LogP) is 3.57. The van der Waals surface area contributed by atoms with Crippen LogP contribution >= 0.6 is 0 Å². The second-order valence-electron chi connectivity index (χ2n) is 8.08. The zero-order valence-electron chi connectivity index (χ0n) is 18.6. The van der Waals surface area contributed by atoms with E-state index in [0.717, 1.165) is 18.4 Å². The van der Waals surface area contributed by atoms with E-state index in [4.69, 9.17) is 8.92 Å². The number of nitrogens with zero attached hydrogens (tertiary/aromatic N) is 1. The molecule has 8 nitrogen and oxygen atoms in total. The molecule has 0 bridgehead atoms. The largest absolute Gasteiger partial charge is 0.493 e. The second kappa shape index (κ2) is 9.60. The first-order chi connectivity index (χ1) is 15.1. The molecular weight excluding hydrogens is 432 g/mol. The molecule has 2 aromatic rings. The van der Waals surface area contributed by atoms with Gasteiger partial charge in [0.25, 0.3) is 0 Å². The fourth-order valence-corrected chi connectivity index (χ4v) is 4.19. The van der Waals surface area contributed by atoms with Crippen LogP contribution in [0.5, 0.6) is 11.5 Å². The summed E-state index contributed by atoms with van der Waals surface area (Å²) < 4.78 is 36.3. The highest BCUT2D eigenvalue weighted by atomic mass is 32.2. The molecule has 0 atom stereocenters. The molecule has 32 heavy (non-hydrogen) atoms. The molecule has 0 heterocycles. The van der Waals surface area contributed by atoms with Crippen LogP contribution in [-0.4, -0.2) is 38.3 Å². The Hall–Kier alpha value is -3.07. The van der Waals surface area contributed by atoms with Crippen LogP contribution in [0.15, 0.2) is 47.4 Å². The van der Waals surface area contributed by atoms with Crippen molar-refractivity contribution in [3.05, 3.63) is 48.0 Å². The quantitative estimate of drug-likeness (QED) is 0.574. The molecule has 1 aliphatic carbocycles. The Bertz CT molecular complexity index is 1090. The lowest BCUT2D eigenvalue weighted by atomic mass is 10.1. The summed E-state index contributed by atoms with van der Waals surface area (Å²) >= 11 is 0. The number of carbonyl (C=O) groups excluding carboxylic acids is 2. The third-order valence-corrected chi connectivity index (χ3v) is 6.26. The van der Waals surface area contributed by atoms with E-state index in [1.54, 1.807) is 18.2 Å². The van der Waals surface area contributed by atoms with Gasteiger partial charge in [0.15, 0.2) is 11.5 Å². The topological polar surface area (TPSA) is 102 Å². The summed E-state index contributed by atoms with van der Waals surface area (Å²) in [6, 6.07) is 10.9. The maximum Gasteiger partial charge on any atom is 0.339 e. The molecule has 2 amide bonds. The monoisotopic (exact) mass is 460 g/mol. The average molecular weight is 461 g/mol. The highest BCUT2D eigenvalue weighted by molar-refractivity contribution is 7.87. The van der Waals surface area contributed by atoms with E-state index in [-0.39, 0.29) is 40.2 Å². The van der Waals surface area contributed by atoms with Crippen LogP contribution in [0, 0.1) is 5.92 Å². The van der Waals surface area contributed by atoms with Crippen LogP contribution in [0.3, 0.4) is 0 Å². The summed E-state index contributed by atoms with van der Waals surface area (Å²) in [7, 11) is -2.72. The van der Waals surface area contributed by atoms with E-state index in [9.17, 15) is 18.0 Å². The lowest BCUT2D eigenvalue weighted by Crippen LogP contribution is -2.35. The van der Waals surface area contributed by atoms with Crippen molar-refractivity contribution in [2.24, 2.45) is 5.92 Å². The highest BCUT2D eigenvalue weighted by Crippen LogP contribution is 2.34. The van der Waals surface area contributed by atoms with Crippen LogP contribution in [-0.2, 0) is 26.3 Å². The molecule has 1 aliphatic rings. The number of anilines is 1. The van der Waals surface area contributed by atoms with Crippen molar-refractivity contribution in [3.63, 3.8) is 0 Å². The standard InChI is InChI=1S/C23H28N2O6S/c1-15(2)23(27)25(19-8-9-19)14-17-5-12-21(30-4)22(13-17)31-32(28,29)20-10-6-18(7-11-20)24-16(3)26/h5-7,10-13,15,19H,8-9,14H2,1-4H3,(H,24,26). The van der Waals surface area contributed by atoms with E-state index >= 15 is 0 Å². The van der Waals surface area contributed by atoms with Gasteiger partial charge >= 0.3 is 10.1 Å². The van der Waals surface area contributed by atoms with E-state index in [1.807, 2.05) is 18.7 Å². The van der Waals surface area contributed by atoms with Gasteiger partial charge in [-0.3, -0.25) is 9.59 Å². The molecule has 0 aromatic heterocycles. The number of amides is 2. The molecule has 9 heteroatoms. The van der Waals surface area contributed by atoms with Gasteiger partial charge in [-0.25, -0.2) is 0 Å². The third kappa shape index (κ3) is 5.79. The zero-order chi connectivity index (χ0) is 23.5. The SMILES string of the molecule is COc1ccc(CN(C(=O)C(C)C)C2CC2)cc1OS(=O)(=O)c1ccc(NC(C)=O)cc1. The van der Waals surface area contributed by atoms with Crippen molar-refractivity contribution < 1.29 is 26.9 Å². The lowest BCUT2D eigenvalue weighted by molar-refractivity contribution is -0.135. The fraction of sp³-hybridized carbons (Fsp3) is 0.391. The number of hydrogen-bond donors (Lipinski definition) is 1. The summed E-state index contributed by atoms with van der Waals surface area (Å²) in [5, 5.41) is 2.58. The first-order valence-electron chi connectivity index (χ1n) is 10.4. The zero-order valence-corrected chi connectivity index (χ0v) is 19.4. The Morgan fingerprint density at radius 3 is 2.28 bits per heavy atom. The maximum atomic E-state index is 12.8. The molecular formula is C23H28N2O6S. The van der Waals surface area contributed by atoms with Gasteiger partial charge in [-0.05, 0) is 54.8 Å². The van der Waals surface area contributed by atoms with E-state index in [1.165, 1.54) is 38.3 Å². The van der Waals surface area contributed by atoms with Crippen molar-refractivity contribution in [3.8, 4) is 11.5 Å². The number of methoxy groups -OCH3 is 1. The van der Waals surface area contributed by atoms with Crippen LogP contribution in [0.1, 0.15) is 39.2 Å². The van der Waals surface area contributed by atoms with Crippen molar-refractivity contribution in [2.75, 3.05) is 12.4 Å². The highest BCUT2D eigenvalue weighted by Gasteiger charge is 2.33. The molecule has 0 radical (unpaired) electrons. The Morgan fingerprint density at radius 2 is 1.75 bits per heavy atom. The maximum absolute atomic E-state index is 12.8. The van der Waals surface area contributed by atoms with Gasteiger partial charge in [-0.2, -0.15) is 8.42 Å². The predicted molar refractivity (Wildman–Crippen MR) is 120 cm³/mol. The van der Waals surface area contributed by atoms with E-state index in [0.29, 0.717) is 12.2 Å². The first-order valence-corrected chi connectivity index (χ1v) is 11.8. The van der Waals surface area contributed by atoms with Crippen LogP contribution in [0.25, 0.3) is 0 Å². The van der Waals surface area contributed by atoms with Crippen molar-refractivity contribution in [1.29, 1.82) is 0 Å². The molecule has 1 saturated carbocycles. The van der Waals surface area contributed by atoms with Gasteiger partial charge in [-0.15, -0.1) is 0 Å².